The fourth-order valence-corrected chi connectivity index (χ4v) is 5.28. The van der Waals surface area contributed by atoms with Gasteiger partial charge in [0.1, 0.15) is 17.2 Å². The number of nitrogens with one attached hydrogen (secondary N) is 3. The van der Waals surface area contributed by atoms with Crippen LogP contribution in [0.3, 0.4) is 0 Å². The third-order valence-corrected chi connectivity index (χ3v) is 8.02. The Hall–Kier alpha value is -5.60. The van der Waals surface area contributed by atoms with Gasteiger partial charge in [-0.2, -0.15) is 0 Å². The van der Waals surface area contributed by atoms with E-state index in [2.05, 4.69) is 29.8 Å². The molecule has 0 unspecified atom stereocenters. The number of carbonyl (C=O) groups excluding carboxylic acids is 3. The third kappa shape index (κ3) is 9.94. The zero-order valence-electron chi connectivity index (χ0n) is 26.1. The number of carbonyl (C=O) groups is 3. The third-order valence-electron chi connectivity index (χ3n) is 7.02. The van der Waals surface area contributed by atoms with Gasteiger partial charge in [0.15, 0.2) is 0 Å². The fourth-order valence-electron chi connectivity index (χ4n) is 4.53. The summed E-state index contributed by atoms with van der Waals surface area (Å²) < 4.78 is 5.81. The van der Waals surface area contributed by atoms with E-state index in [9.17, 15) is 14.4 Å². The van der Waals surface area contributed by atoms with Crippen LogP contribution in [0.15, 0.2) is 144 Å². The van der Waals surface area contributed by atoms with Crippen molar-refractivity contribution in [2.75, 3.05) is 16.4 Å². The first-order valence-corrected chi connectivity index (χ1v) is 16.2. The number of hydrogen-bond acceptors (Lipinski definition) is 5. The molecule has 236 valence electrons. The average Bonchev–Trinajstić information content (AvgIpc) is 3.09. The monoisotopic (exact) mass is 641 g/mol. The lowest BCUT2D eigenvalue weighted by Crippen LogP contribution is -2.30. The predicted octanol–water partition coefficient (Wildman–Crippen LogP) is 8.74. The number of rotatable bonds is 12. The molecule has 3 amide bonds. The molecule has 5 aromatic rings. The second kappa shape index (κ2) is 16.1. The molecule has 0 heterocycles. The molecule has 0 saturated carbocycles. The molecule has 7 nitrogen and oxygen atoms in total. The first-order chi connectivity index (χ1) is 22.8. The van der Waals surface area contributed by atoms with Crippen molar-refractivity contribution in [1.29, 1.82) is 0 Å². The van der Waals surface area contributed by atoms with Crippen LogP contribution >= 0.6 is 11.8 Å². The van der Waals surface area contributed by atoms with Gasteiger partial charge in [-0.1, -0.05) is 80.6 Å². The lowest BCUT2D eigenvalue weighted by atomic mass is 10.0. The molecule has 5 rings (SSSR count). The van der Waals surface area contributed by atoms with Crippen molar-refractivity contribution >= 4 is 46.9 Å². The minimum Gasteiger partial charge on any atom is -0.457 e. The van der Waals surface area contributed by atoms with Crippen LogP contribution in [-0.2, 0) is 9.59 Å². The van der Waals surface area contributed by atoms with Crippen molar-refractivity contribution in [1.82, 2.24) is 5.32 Å². The van der Waals surface area contributed by atoms with Gasteiger partial charge in [0.05, 0.1) is 5.75 Å². The summed E-state index contributed by atoms with van der Waals surface area (Å²) in [6.07, 6.45) is 1.66. The van der Waals surface area contributed by atoms with Gasteiger partial charge >= 0.3 is 0 Å². The maximum absolute atomic E-state index is 13.5. The van der Waals surface area contributed by atoms with Crippen molar-refractivity contribution in [3.8, 4) is 11.5 Å². The number of anilines is 2. The highest BCUT2D eigenvalue weighted by Gasteiger charge is 2.16. The average molecular weight is 642 g/mol. The van der Waals surface area contributed by atoms with E-state index in [1.54, 1.807) is 72.8 Å². The molecule has 5 aromatic carbocycles. The van der Waals surface area contributed by atoms with E-state index >= 15 is 0 Å². The van der Waals surface area contributed by atoms with E-state index in [1.165, 1.54) is 17.3 Å². The Morgan fingerprint density at radius 3 is 2.04 bits per heavy atom. The number of thioether (sulfide) groups is 1. The van der Waals surface area contributed by atoms with Crippen LogP contribution in [-0.4, -0.2) is 23.5 Å². The van der Waals surface area contributed by atoms with E-state index in [-0.39, 0.29) is 23.3 Å². The predicted molar refractivity (Wildman–Crippen MR) is 190 cm³/mol. The highest BCUT2D eigenvalue weighted by atomic mass is 32.2. The standard InChI is InChI=1S/C39H35N3O4S/c1-27(2)29-18-16-28(17-19-29)24-36(42-38(44)30-10-5-3-6-11-30)39(45)41-32-12-9-15-35(25-32)47-26-37(43)40-31-20-22-34(23-21-31)46-33-13-7-4-8-14-33/h3-25,27H,26H2,1-2H3,(H,40,43)(H,41,45)(H,42,44)/b36-24+. The Kier molecular flexibility index (Phi) is 11.2. The van der Waals surface area contributed by atoms with Gasteiger partial charge in [0.2, 0.25) is 5.91 Å². The molecule has 0 saturated heterocycles. The van der Waals surface area contributed by atoms with Crippen molar-refractivity contribution < 1.29 is 19.1 Å². The molecular formula is C39H35N3O4S. The zero-order chi connectivity index (χ0) is 33.0. The lowest BCUT2D eigenvalue weighted by Gasteiger charge is -2.13. The topological polar surface area (TPSA) is 96.5 Å². The van der Waals surface area contributed by atoms with Crippen molar-refractivity contribution in [2.45, 2.75) is 24.7 Å². The van der Waals surface area contributed by atoms with Crippen LogP contribution < -0.4 is 20.7 Å². The summed E-state index contributed by atoms with van der Waals surface area (Å²) in [4.78, 5) is 40.0. The molecule has 0 aliphatic carbocycles. The first-order valence-electron chi connectivity index (χ1n) is 15.2. The summed E-state index contributed by atoms with van der Waals surface area (Å²) in [5, 5.41) is 8.56. The van der Waals surface area contributed by atoms with Crippen LogP contribution in [0.4, 0.5) is 11.4 Å². The van der Waals surface area contributed by atoms with Gasteiger partial charge in [0, 0.05) is 21.8 Å². The van der Waals surface area contributed by atoms with Gasteiger partial charge in [-0.25, -0.2) is 0 Å². The Morgan fingerprint density at radius 1 is 0.702 bits per heavy atom. The van der Waals surface area contributed by atoms with E-state index in [0.29, 0.717) is 28.6 Å². The molecule has 0 radical (unpaired) electrons. The summed E-state index contributed by atoms with van der Waals surface area (Å²) in [7, 11) is 0. The van der Waals surface area contributed by atoms with E-state index < -0.39 is 5.91 Å². The quantitative estimate of drug-likeness (QED) is 0.0935. The Bertz CT molecular complexity index is 1840. The maximum Gasteiger partial charge on any atom is 0.272 e. The van der Waals surface area contributed by atoms with Crippen molar-refractivity contribution in [3.63, 3.8) is 0 Å². The van der Waals surface area contributed by atoms with Gasteiger partial charge in [-0.15, -0.1) is 11.8 Å². The van der Waals surface area contributed by atoms with Gasteiger partial charge < -0.3 is 20.7 Å². The number of para-hydroxylation sites is 1. The largest absolute Gasteiger partial charge is 0.457 e. The van der Waals surface area contributed by atoms with E-state index in [0.717, 1.165) is 16.2 Å². The van der Waals surface area contributed by atoms with Gasteiger partial charge in [-0.05, 0) is 89.9 Å². The number of ether oxygens (including phenoxy) is 1. The second-order valence-corrected chi connectivity index (χ2v) is 12.0. The minimum atomic E-state index is -0.471. The first kappa shape index (κ1) is 32.8. The number of benzene rings is 5. The van der Waals surface area contributed by atoms with E-state index in [1.807, 2.05) is 66.7 Å². The van der Waals surface area contributed by atoms with Crippen molar-refractivity contribution in [2.24, 2.45) is 0 Å². The highest BCUT2D eigenvalue weighted by molar-refractivity contribution is 8.00. The highest BCUT2D eigenvalue weighted by Crippen LogP contribution is 2.25. The van der Waals surface area contributed by atoms with Crippen LogP contribution in [0.25, 0.3) is 6.08 Å². The Morgan fingerprint density at radius 2 is 1.36 bits per heavy atom. The Balaban J connectivity index is 1.21. The second-order valence-electron chi connectivity index (χ2n) is 11.0. The minimum absolute atomic E-state index is 0.105. The zero-order valence-corrected chi connectivity index (χ0v) is 26.9. The lowest BCUT2D eigenvalue weighted by molar-refractivity contribution is -0.114. The molecule has 0 aliphatic rings. The summed E-state index contributed by atoms with van der Waals surface area (Å²) in [5.41, 5.74) is 3.69. The molecule has 0 atom stereocenters. The Labute approximate surface area is 279 Å². The van der Waals surface area contributed by atoms with E-state index in [4.69, 9.17) is 4.74 Å². The van der Waals surface area contributed by atoms with Crippen LogP contribution in [0, 0.1) is 0 Å². The van der Waals surface area contributed by atoms with Crippen LogP contribution in [0.2, 0.25) is 0 Å². The van der Waals surface area contributed by atoms with Crippen LogP contribution in [0.1, 0.15) is 41.3 Å². The molecule has 0 bridgehead atoms. The number of amides is 3. The summed E-state index contributed by atoms with van der Waals surface area (Å²) in [5.74, 6) is 0.921. The summed E-state index contributed by atoms with van der Waals surface area (Å²) in [6.45, 7) is 4.23. The van der Waals surface area contributed by atoms with Gasteiger partial charge in [0.25, 0.3) is 11.8 Å². The smallest absolute Gasteiger partial charge is 0.272 e. The van der Waals surface area contributed by atoms with Crippen LogP contribution in [0.5, 0.6) is 11.5 Å². The fraction of sp³-hybridized carbons (Fsp3) is 0.103. The molecule has 0 fully saturated rings. The van der Waals surface area contributed by atoms with Crippen molar-refractivity contribution in [3.05, 3.63) is 156 Å². The maximum atomic E-state index is 13.5. The molecular weight excluding hydrogens is 607 g/mol. The molecule has 3 N–H and O–H groups in total. The molecule has 0 aromatic heterocycles. The van der Waals surface area contributed by atoms with Gasteiger partial charge in [-0.3, -0.25) is 14.4 Å². The molecule has 8 heteroatoms. The molecule has 0 aliphatic heterocycles. The summed E-state index contributed by atoms with van der Waals surface area (Å²) in [6, 6.07) is 40.5. The summed E-state index contributed by atoms with van der Waals surface area (Å²) >= 11 is 1.34. The molecule has 0 spiro atoms. The normalized spacial score (nSPS) is 11.1. The molecule has 47 heavy (non-hydrogen) atoms. The SMILES string of the molecule is CC(C)c1ccc(/C=C(/NC(=O)c2ccccc2)C(=O)Nc2cccc(SCC(=O)Nc3ccc(Oc4ccccc4)cc3)c2)cc1. The number of hydrogen-bond donors (Lipinski definition) is 3.